The fraction of sp³-hybridized carbons (Fsp3) is 0.778. The number of carboxylic acids is 1. The van der Waals surface area contributed by atoms with E-state index in [1.165, 1.54) is 11.8 Å². The van der Waals surface area contributed by atoms with Crippen LogP contribution in [-0.2, 0) is 19.2 Å². The predicted octanol–water partition coefficient (Wildman–Crippen LogP) is -3.14. The summed E-state index contributed by atoms with van der Waals surface area (Å²) >= 11 is 0. The van der Waals surface area contributed by atoms with E-state index in [2.05, 4.69) is 10.6 Å². The summed E-state index contributed by atoms with van der Waals surface area (Å²) in [6, 6.07) is -4.64. The Morgan fingerprint density at radius 3 is 2.40 bits per heavy atom. The number of amides is 3. The maximum absolute atomic E-state index is 13.0. The summed E-state index contributed by atoms with van der Waals surface area (Å²) in [6.07, 6.45) is 1.24. The molecule has 1 fully saturated rings. The Balaban J connectivity index is 2.82. The molecule has 1 rings (SSSR count). The Bertz CT molecular complexity index is 616. The van der Waals surface area contributed by atoms with Crippen LogP contribution in [0, 0.1) is 0 Å². The summed E-state index contributed by atoms with van der Waals surface area (Å²) in [5.41, 5.74) is 11.2. The number of carbonyl (C=O) groups is 4. The lowest BCUT2D eigenvalue weighted by atomic mass is 10.1. The molecule has 0 spiro atoms. The van der Waals surface area contributed by atoms with Gasteiger partial charge in [-0.25, -0.2) is 4.79 Å². The zero-order valence-electron chi connectivity index (χ0n) is 17.1. The number of unbranched alkanes of at least 4 members (excludes halogenated alkanes) is 1. The lowest BCUT2D eigenvalue weighted by molar-refractivity contribution is -0.146. The Morgan fingerprint density at radius 1 is 1.20 bits per heavy atom. The van der Waals surface area contributed by atoms with Crippen molar-refractivity contribution in [3.05, 3.63) is 0 Å². The van der Waals surface area contributed by atoms with Crippen molar-refractivity contribution in [3.63, 3.8) is 0 Å². The number of nitrogens with two attached hydrogens (primary N) is 2. The largest absolute Gasteiger partial charge is 0.480 e. The van der Waals surface area contributed by atoms with E-state index in [0.717, 1.165) is 0 Å². The smallest absolute Gasteiger partial charge is 0.328 e. The van der Waals surface area contributed by atoms with Gasteiger partial charge in [0.15, 0.2) is 0 Å². The molecule has 0 aromatic rings. The summed E-state index contributed by atoms with van der Waals surface area (Å²) in [7, 11) is 0. The lowest BCUT2D eigenvalue weighted by Gasteiger charge is -2.31. The van der Waals surface area contributed by atoms with Crippen molar-refractivity contribution in [2.75, 3.05) is 19.7 Å². The summed E-state index contributed by atoms with van der Waals surface area (Å²) < 4.78 is 0. The van der Waals surface area contributed by atoms with Crippen LogP contribution < -0.4 is 22.1 Å². The van der Waals surface area contributed by atoms with Crippen molar-refractivity contribution in [3.8, 4) is 0 Å². The summed E-state index contributed by atoms with van der Waals surface area (Å²) in [4.78, 5) is 49.9. The number of hydrogen-bond donors (Lipinski definition) is 7. The Labute approximate surface area is 175 Å². The van der Waals surface area contributed by atoms with E-state index >= 15 is 0 Å². The third-order valence-electron chi connectivity index (χ3n) is 4.99. The van der Waals surface area contributed by atoms with Gasteiger partial charge in [0, 0.05) is 6.54 Å². The number of nitrogens with zero attached hydrogens (tertiary/aromatic N) is 1. The topological polar surface area (TPSA) is 208 Å². The van der Waals surface area contributed by atoms with Crippen molar-refractivity contribution in [1.82, 2.24) is 15.5 Å². The van der Waals surface area contributed by atoms with Crippen LogP contribution in [0.2, 0.25) is 0 Å². The quantitative estimate of drug-likeness (QED) is 0.155. The van der Waals surface area contributed by atoms with E-state index in [9.17, 15) is 24.3 Å². The van der Waals surface area contributed by atoms with Crippen LogP contribution >= 0.6 is 0 Å². The molecular formula is C18H33N5O7. The van der Waals surface area contributed by atoms with Gasteiger partial charge in [-0.1, -0.05) is 6.42 Å². The molecule has 9 N–H and O–H groups in total. The van der Waals surface area contributed by atoms with E-state index in [-0.39, 0.29) is 13.0 Å². The highest BCUT2D eigenvalue weighted by Gasteiger charge is 2.40. The van der Waals surface area contributed by atoms with E-state index < -0.39 is 60.6 Å². The van der Waals surface area contributed by atoms with E-state index in [1.807, 2.05) is 0 Å². The van der Waals surface area contributed by atoms with E-state index in [4.69, 9.17) is 21.7 Å². The first-order valence-electron chi connectivity index (χ1n) is 10.0. The first-order valence-corrected chi connectivity index (χ1v) is 10.0. The maximum atomic E-state index is 13.0. The van der Waals surface area contributed by atoms with Gasteiger partial charge in [0.05, 0.1) is 18.8 Å². The van der Waals surface area contributed by atoms with Gasteiger partial charge < -0.3 is 42.3 Å². The molecule has 1 saturated heterocycles. The van der Waals surface area contributed by atoms with Crippen LogP contribution in [-0.4, -0.2) is 93.9 Å². The molecule has 12 heteroatoms. The van der Waals surface area contributed by atoms with Crippen LogP contribution in [0.3, 0.4) is 0 Å². The molecule has 0 saturated carbocycles. The van der Waals surface area contributed by atoms with Gasteiger partial charge in [-0.2, -0.15) is 0 Å². The SMILES string of the molecule is CC(O)C(NC(=O)C(N)CCCCN)C(=O)N1CCCC1C(=O)NC(CO)C(=O)O. The minimum Gasteiger partial charge on any atom is -0.480 e. The monoisotopic (exact) mass is 431 g/mol. The van der Waals surface area contributed by atoms with Gasteiger partial charge in [0.1, 0.15) is 18.1 Å². The second kappa shape index (κ2) is 12.4. The van der Waals surface area contributed by atoms with Gasteiger partial charge in [-0.15, -0.1) is 0 Å². The first-order chi connectivity index (χ1) is 14.1. The Hall–Kier alpha value is -2.28. The fourth-order valence-electron chi connectivity index (χ4n) is 3.22. The molecule has 30 heavy (non-hydrogen) atoms. The molecule has 3 amide bonds. The lowest BCUT2D eigenvalue weighted by Crippen LogP contribution is -2.59. The number of carbonyl (C=O) groups excluding carboxylic acids is 3. The molecule has 1 aliphatic heterocycles. The number of nitrogens with one attached hydrogen (secondary N) is 2. The molecule has 0 radical (unpaired) electrons. The van der Waals surface area contributed by atoms with Gasteiger partial charge in [-0.3, -0.25) is 14.4 Å². The second-order valence-corrected chi connectivity index (χ2v) is 7.39. The number of rotatable bonds is 12. The molecule has 172 valence electrons. The van der Waals surface area contributed by atoms with Crippen LogP contribution in [0.1, 0.15) is 39.0 Å². The number of likely N-dealkylation sites (tertiary alicyclic amines) is 1. The molecule has 1 heterocycles. The highest BCUT2D eigenvalue weighted by Crippen LogP contribution is 2.19. The average Bonchev–Trinajstić information content (AvgIpc) is 3.18. The predicted molar refractivity (Wildman–Crippen MR) is 106 cm³/mol. The zero-order chi connectivity index (χ0) is 22.8. The molecular weight excluding hydrogens is 398 g/mol. The van der Waals surface area contributed by atoms with Crippen LogP contribution in [0.15, 0.2) is 0 Å². The zero-order valence-corrected chi connectivity index (χ0v) is 17.1. The highest BCUT2D eigenvalue weighted by molar-refractivity contribution is 5.94. The fourth-order valence-corrected chi connectivity index (χ4v) is 3.22. The number of hydrogen-bond acceptors (Lipinski definition) is 8. The second-order valence-electron chi connectivity index (χ2n) is 7.39. The number of aliphatic carboxylic acids is 1. The average molecular weight is 431 g/mol. The van der Waals surface area contributed by atoms with Crippen LogP contribution in [0.4, 0.5) is 0 Å². The molecule has 0 aromatic heterocycles. The Kier molecular flexibility index (Phi) is 10.7. The molecule has 5 unspecified atom stereocenters. The summed E-state index contributed by atoms with van der Waals surface area (Å²) in [5, 5.41) is 32.7. The minimum atomic E-state index is -1.49. The van der Waals surface area contributed by atoms with Crippen LogP contribution in [0.25, 0.3) is 0 Å². The summed E-state index contributed by atoms with van der Waals surface area (Å²) in [6.45, 7) is 1.21. The van der Waals surface area contributed by atoms with Crippen molar-refractivity contribution in [2.24, 2.45) is 11.5 Å². The minimum absolute atomic E-state index is 0.204. The highest BCUT2D eigenvalue weighted by atomic mass is 16.4. The molecule has 1 aliphatic rings. The maximum Gasteiger partial charge on any atom is 0.328 e. The Morgan fingerprint density at radius 2 is 1.87 bits per heavy atom. The van der Waals surface area contributed by atoms with Crippen LogP contribution in [0.5, 0.6) is 0 Å². The van der Waals surface area contributed by atoms with Crippen molar-refractivity contribution in [1.29, 1.82) is 0 Å². The number of aliphatic hydroxyl groups is 2. The van der Waals surface area contributed by atoms with Gasteiger partial charge >= 0.3 is 5.97 Å². The molecule has 0 aliphatic carbocycles. The molecule has 5 atom stereocenters. The van der Waals surface area contributed by atoms with E-state index in [1.54, 1.807) is 0 Å². The molecule has 0 aromatic carbocycles. The normalized spacial score (nSPS) is 20.2. The molecule has 0 bridgehead atoms. The third-order valence-corrected chi connectivity index (χ3v) is 4.99. The van der Waals surface area contributed by atoms with Gasteiger partial charge in [-0.05, 0) is 39.2 Å². The summed E-state index contributed by atoms with van der Waals surface area (Å²) in [5.74, 6) is -3.39. The molecule has 12 nitrogen and oxygen atoms in total. The van der Waals surface area contributed by atoms with Gasteiger partial charge in [0.25, 0.3) is 0 Å². The third kappa shape index (κ3) is 7.20. The van der Waals surface area contributed by atoms with Crippen molar-refractivity contribution < 1.29 is 34.5 Å². The van der Waals surface area contributed by atoms with E-state index in [0.29, 0.717) is 32.2 Å². The van der Waals surface area contributed by atoms with Gasteiger partial charge in [0.2, 0.25) is 17.7 Å². The number of aliphatic hydroxyl groups excluding tert-OH is 2. The number of carboxylic acid groups (broad SMARTS) is 1. The standard InChI is InChI=1S/C18H33N5O7/c1-10(25)14(22-15(26)11(20)5-2-3-7-19)17(28)23-8-4-6-13(23)16(27)21-12(9-24)18(29)30/h10-14,24-25H,2-9,19-20H2,1H3,(H,21,27)(H,22,26)(H,29,30). The van der Waals surface area contributed by atoms with Crippen molar-refractivity contribution in [2.45, 2.75) is 69.3 Å². The van der Waals surface area contributed by atoms with Crippen molar-refractivity contribution >= 4 is 23.7 Å². The first kappa shape index (κ1) is 25.8.